The number of unbranched alkanes of at least 4 members (excludes halogenated alkanes) is 2. The average molecular weight is 380 g/mol. The molecule has 0 aliphatic carbocycles. The van der Waals surface area contributed by atoms with E-state index in [0.717, 1.165) is 46.3 Å². The summed E-state index contributed by atoms with van der Waals surface area (Å²) in [6.07, 6.45) is 4.84. The van der Waals surface area contributed by atoms with Crippen LogP contribution in [-0.2, 0) is 6.54 Å². The Kier molecular flexibility index (Phi) is 6.85. The molecule has 0 saturated carbocycles. The van der Waals surface area contributed by atoms with E-state index in [1.54, 1.807) is 0 Å². The van der Waals surface area contributed by atoms with Crippen molar-refractivity contribution in [2.75, 3.05) is 13.1 Å². The molecule has 1 heterocycles. The maximum atomic E-state index is 12.9. The van der Waals surface area contributed by atoms with Crippen LogP contribution in [0.1, 0.15) is 50.8 Å². The molecule has 0 radical (unpaired) electrons. The number of aromatic amines is 1. The first kappa shape index (κ1) is 18.2. The van der Waals surface area contributed by atoms with Gasteiger partial charge in [-0.1, -0.05) is 42.6 Å². The summed E-state index contributed by atoms with van der Waals surface area (Å²) in [5.41, 5.74) is 3.05. The lowest BCUT2D eigenvalue weighted by Gasteiger charge is -2.20. The van der Waals surface area contributed by atoms with E-state index in [1.165, 1.54) is 30.6 Å². The van der Waals surface area contributed by atoms with Crippen molar-refractivity contribution in [3.05, 3.63) is 44.2 Å². The Morgan fingerprint density at radius 2 is 1.78 bits per heavy atom. The van der Waals surface area contributed by atoms with Gasteiger partial charge in [-0.15, -0.1) is 0 Å². The number of rotatable bonds is 8. The van der Waals surface area contributed by atoms with Gasteiger partial charge in [-0.2, -0.15) is 0 Å². The first-order valence-corrected chi connectivity index (χ1v) is 9.50. The summed E-state index contributed by atoms with van der Waals surface area (Å²) < 4.78 is 0.950. The number of aromatic nitrogens is 1. The zero-order chi connectivity index (χ0) is 16.8. The van der Waals surface area contributed by atoms with Crippen molar-refractivity contribution in [3.8, 4) is 0 Å². The van der Waals surface area contributed by atoms with Gasteiger partial charge in [-0.3, -0.25) is 4.79 Å². The highest BCUT2D eigenvalue weighted by Gasteiger charge is 2.16. The third-order valence-electron chi connectivity index (χ3n) is 4.47. The molecule has 0 unspecified atom stereocenters. The topological polar surface area (TPSA) is 37.3 Å². The highest BCUT2D eigenvalue weighted by Crippen LogP contribution is 2.17. The number of quaternary nitrogens is 1. The van der Waals surface area contributed by atoms with Crippen molar-refractivity contribution >= 4 is 26.8 Å². The van der Waals surface area contributed by atoms with E-state index < -0.39 is 0 Å². The van der Waals surface area contributed by atoms with Crippen molar-refractivity contribution < 1.29 is 4.90 Å². The van der Waals surface area contributed by atoms with Crippen LogP contribution in [0.5, 0.6) is 0 Å². The first-order valence-electron chi connectivity index (χ1n) is 8.71. The molecule has 0 amide bonds. The fraction of sp³-hybridized carbons (Fsp3) is 0.526. The molecule has 1 aromatic carbocycles. The van der Waals surface area contributed by atoms with Gasteiger partial charge in [0.05, 0.1) is 18.7 Å². The molecule has 1 aromatic heterocycles. The highest BCUT2D eigenvalue weighted by molar-refractivity contribution is 9.10. The summed E-state index contributed by atoms with van der Waals surface area (Å²) in [4.78, 5) is 17.9. The maximum Gasteiger partial charge on any atom is 0.198 e. The molecule has 4 heteroatoms. The van der Waals surface area contributed by atoms with Crippen LogP contribution in [0.2, 0.25) is 0 Å². The minimum Gasteiger partial charge on any atom is -0.358 e. The smallest absolute Gasteiger partial charge is 0.198 e. The first-order chi connectivity index (χ1) is 11.1. The number of aryl methyl sites for hydroxylation is 1. The van der Waals surface area contributed by atoms with Gasteiger partial charge in [-0.05, 0) is 38.0 Å². The molecule has 0 spiro atoms. The van der Waals surface area contributed by atoms with E-state index in [1.807, 2.05) is 25.1 Å². The molecule has 126 valence electrons. The summed E-state index contributed by atoms with van der Waals surface area (Å²) in [5, 5.41) is 0.783. The van der Waals surface area contributed by atoms with Gasteiger partial charge in [0.15, 0.2) is 5.43 Å². The van der Waals surface area contributed by atoms with Crippen LogP contribution in [0.15, 0.2) is 27.5 Å². The fourth-order valence-electron chi connectivity index (χ4n) is 3.04. The van der Waals surface area contributed by atoms with E-state index in [0.29, 0.717) is 0 Å². The van der Waals surface area contributed by atoms with Crippen LogP contribution in [0.25, 0.3) is 10.9 Å². The number of pyridine rings is 1. The van der Waals surface area contributed by atoms with Crippen molar-refractivity contribution in [1.29, 1.82) is 0 Å². The summed E-state index contributed by atoms with van der Waals surface area (Å²) in [7, 11) is 0. The molecule has 2 aromatic rings. The van der Waals surface area contributed by atoms with E-state index >= 15 is 0 Å². The molecule has 0 aliphatic rings. The third kappa shape index (κ3) is 4.67. The Morgan fingerprint density at radius 1 is 1.13 bits per heavy atom. The second-order valence-corrected chi connectivity index (χ2v) is 7.30. The molecule has 2 rings (SSSR count). The lowest BCUT2D eigenvalue weighted by Crippen LogP contribution is -3.10. The van der Waals surface area contributed by atoms with Crippen LogP contribution in [-0.4, -0.2) is 18.1 Å². The van der Waals surface area contributed by atoms with Crippen molar-refractivity contribution in [2.45, 2.75) is 53.0 Å². The third-order valence-corrected chi connectivity index (χ3v) is 4.96. The second-order valence-electron chi connectivity index (χ2n) is 6.38. The summed E-state index contributed by atoms with van der Waals surface area (Å²) in [6, 6.07) is 5.86. The van der Waals surface area contributed by atoms with Gasteiger partial charge in [-0.25, -0.2) is 0 Å². The molecular weight excluding hydrogens is 352 g/mol. The Hall–Kier alpha value is -1.13. The minimum atomic E-state index is 0.183. The van der Waals surface area contributed by atoms with Gasteiger partial charge in [0, 0.05) is 21.1 Å². The highest BCUT2D eigenvalue weighted by atomic mass is 79.9. The molecule has 0 fully saturated rings. The average Bonchev–Trinajstić information content (AvgIpc) is 2.54. The molecule has 2 N–H and O–H groups in total. The van der Waals surface area contributed by atoms with Crippen LogP contribution < -0.4 is 10.3 Å². The van der Waals surface area contributed by atoms with Crippen LogP contribution in [0, 0.1) is 6.92 Å². The number of hydrogen-bond donors (Lipinski definition) is 2. The summed E-state index contributed by atoms with van der Waals surface area (Å²) >= 11 is 3.47. The Balaban J connectivity index is 2.34. The number of fused-ring (bicyclic) bond motifs is 1. The quantitative estimate of drug-likeness (QED) is 0.722. The molecule has 0 saturated heterocycles. The van der Waals surface area contributed by atoms with Gasteiger partial charge in [0.25, 0.3) is 0 Å². The van der Waals surface area contributed by atoms with Crippen molar-refractivity contribution in [3.63, 3.8) is 0 Å². The summed E-state index contributed by atoms with van der Waals surface area (Å²) in [6.45, 7) is 9.59. The van der Waals surface area contributed by atoms with Gasteiger partial charge < -0.3 is 9.88 Å². The Bertz CT molecular complexity index is 700. The minimum absolute atomic E-state index is 0.183. The van der Waals surface area contributed by atoms with Gasteiger partial charge in [0.1, 0.15) is 6.54 Å². The molecule has 3 nitrogen and oxygen atoms in total. The number of hydrogen-bond acceptors (Lipinski definition) is 1. The second kappa shape index (κ2) is 8.65. The largest absolute Gasteiger partial charge is 0.358 e. The normalized spacial score (nSPS) is 11.5. The van der Waals surface area contributed by atoms with Gasteiger partial charge >= 0.3 is 0 Å². The molecular formula is C19H28BrN2O+. The van der Waals surface area contributed by atoms with E-state index in [9.17, 15) is 4.79 Å². The number of H-pyrrole nitrogens is 1. The zero-order valence-electron chi connectivity index (χ0n) is 14.5. The van der Waals surface area contributed by atoms with Crippen molar-refractivity contribution in [2.24, 2.45) is 0 Å². The number of nitrogens with one attached hydrogen (secondary N) is 2. The number of benzene rings is 1. The molecule has 23 heavy (non-hydrogen) atoms. The van der Waals surface area contributed by atoms with Gasteiger partial charge in [0.2, 0.25) is 0 Å². The molecule has 0 bridgehead atoms. The molecule has 0 aliphatic heterocycles. The van der Waals surface area contributed by atoms with Crippen molar-refractivity contribution in [1.82, 2.24) is 4.98 Å². The predicted octanol–water partition coefficient (Wildman–Crippen LogP) is 3.58. The predicted molar refractivity (Wildman–Crippen MR) is 101 cm³/mol. The Morgan fingerprint density at radius 3 is 2.39 bits per heavy atom. The van der Waals surface area contributed by atoms with Crippen LogP contribution in [0.3, 0.4) is 0 Å². The molecule has 0 atom stereocenters. The van der Waals surface area contributed by atoms with E-state index in [2.05, 4.69) is 34.8 Å². The number of halogens is 1. The zero-order valence-corrected chi connectivity index (χ0v) is 16.1. The fourth-order valence-corrected chi connectivity index (χ4v) is 3.40. The Labute approximate surface area is 147 Å². The van der Waals surface area contributed by atoms with E-state index in [-0.39, 0.29) is 5.43 Å². The van der Waals surface area contributed by atoms with Crippen LogP contribution in [0.4, 0.5) is 0 Å². The summed E-state index contributed by atoms with van der Waals surface area (Å²) in [5.74, 6) is 0. The van der Waals surface area contributed by atoms with Crippen LogP contribution >= 0.6 is 15.9 Å². The standard InChI is InChI=1S/C19H27BrN2O/c1-4-6-10-22(11-7-5-2)13-17-14(3)21-18-9-8-15(20)12-16(18)19(17)23/h8-9,12H,4-7,10-11,13H2,1-3H3,(H,21,23)/p+1. The monoisotopic (exact) mass is 379 g/mol. The SMILES string of the molecule is CCCC[NH+](CCCC)Cc1c(C)[nH]c2ccc(Br)cc2c1=O. The lowest BCUT2D eigenvalue weighted by molar-refractivity contribution is -0.914. The lowest BCUT2D eigenvalue weighted by atomic mass is 10.1. The maximum absolute atomic E-state index is 12.9. The van der Waals surface area contributed by atoms with E-state index in [4.69, 9.17) is 0 Å².